The fourth-order valence-electron chi connectivity index (χ4n) is 1.90. The van der Waals surface area contributed by atoms with Crippen molar-refractivity contribution in [2.75, 3.05) is 13.7 Å². The highest BCUT2D eigenvalue weighted by molar-refractivity contribution is 9.08. The average Bonchev–Trinajstić information content (AvgIpc) is 2.82. The molecule has 0 spiro atoms. The van der Waals surface area contributed by atoms with Gasteiger partial charge >= 0.3 is 0 Å². The molecule has 0 atom stereocenters. The summed E-state index contributed by atoms with van der Waals surface area (Å²) in [5.41, 5.74) is 0.432. The molecule has 0 saturated carbocycles. The summed E-state index contributed by atoms with van der Waals surface area (Å²) in [6.07, 6.45) is 0.301. The maximum Gasteiger partial charge on any atom is 0.143 e. The first-order valence-electron chi connectivity index (χ1n) is 6.06. The molecule has 0 aliphatic heterocycles. The van der Waals surface area contributed by atoms with E-state index in [-0.39, 0.29) is 5.82 Å². The standard InChI is InChI=1S/C13H14BrClFN3O/c1-20-6-5-19-12(17-18-13(19)8-14)7-9-10(15)3-2-4-11(9)16/h2-4H,5-8H2,1H3. The number of rotatable bonds is 6. The van der Waals surface area contributed by atoms with Gasteiger partial charge in [-0.1, -0.05) is 33.6 Å². The van der Waals surface area contributed by atoms with Crippen LogP contribution in [-0.2, 0) is 23.0 Å². The summed E-state index contributed by atoms with van der Waals surface area (Å²) < 4.78 is 20.8. The second-order valence-corrected chi connectivity index (χ2v) is 5.16. The van der Waals surface area contributed by atoms with E-state index in [0.29, 0.717) is 41.3 Å². The van der Waals surface area contributed by atoms with E-state index in [9.17, 15) is 4.39 Å². The van der Waals surface area contributed by atoms with Gasteiger partial charge in [0.2, 0.25) is 0 Å². The van der Waals surface area contributed by atoms with Crippen molar-refractivity contribution in [3.8, 4) is 0 Å². The van der Waals surface area contributed by atoms with Crippen LogP contribution in [0.2, 0.25) is 5.02 Å². The Kier molecular flexibility index (Phi) is 5.51. The van der Waals surface area contributed by atoms with Crippen molar-refractivity contribution < 1.29 is 9.13 Å². The van der Waals surface area contributed by atoms with E-state index in [4.69, 9.17) is 16.3 Å². The minimum absolute atomic E-state index is 0.301. The fourth-order valence-corrected chi connectivity index (χ4v) is 2.55. The van der Waals surface area contributed by atoms with E-state index < -0.39 is 0 Å². The van der Waals surface area contributed by atoms with Crippen molar-refractivity contribution in [1.29, 1.82) is 0 Å². The zero-order valence-corrected chi connectivity index (χ0v) is 13.3. The number of halogens is 3. The second-order valence-electron chi connectivity index (χ2n) is 4.19. The van der Waals surface area contributed by atoms with Gasteiger partial charge in [-0.15, -0.1) is 10.2 Å². The number of hydrogen-bond acceptors (Lipinski definition) is 3. The van der Waals surface area contributed by atoms with Crippen LogP contribution in [0.1, 0.15) is 17.2 Å². The van der Waals surface area contributed by atoms with Gasteiger partial charge in [-0.2, -0.15) is 0 Å². The fraction of sp³-hybridized carbons (Fsp3) is 0.385. The summed E-state index contributed by atoms with van der Waals surface area (Å²) in [7, 11) is 1.63. The number of ether oxygens (including phenoxy) is 1. The lowest BCUT2D eigenvalue weighted by atomic mass is 10.1. The molecular weight excluding hydrogens is 349 g/mol. The highest BCUT2D eigenvalue weighted by atomic mass is 79.9. The van der Waals surface area contributed by atoms with E-state index in [1.807, 2.05) is 4.57 Å². The molecule has 0 amide bonds. The SMILES string of the molecule is COCCn1c(CBr)nnc1Cc1c(F)cccc1Cl. The topological polar surface area (TPSA) is 39.9 Å². The van der Waals surface area contributed by atoms with E-state index >= 15 is 0 Å². The van der Waals surface area contributed by atoms with Crippen molar-refractivity contribution >= 4 is 27.5 Å². The third-order valence-electron chi connectivity index (χ3n) is 2.94. The van der Waals surface area contributed by atoms with Crippen molar-refractivity contribution in [2.45, 2.75) is 18.3 Å². The molecule has 1 aromatic heterocycles. The smallest absolute Gasteiger partial charge is 0.143 e. The number of benzene rings is 1. The molecule has 0 bridgehead atoms. The quantitative estimate of drug-likeness (QED) is 0.741. The molecule has 0 radical (unpaired) electrons. The maximum atomic E-state index is 13.8. The van der Waals surface area contributed by atoms with Crippen LogP contribution in [-0.4, -0.2) is 28.5 Å². The van der Waals surface area contributed by atoms with E-state index in [2.05, 4.69) is 26.1 Å². The molecule has 1 heterocycles. The third kappa shape index (κ3) is 3.37. The number of nitrogens with zero attached hydrogens (tertiary/aromatic N) is 3. The lowest BCUT2D eigenvalue weighted by molar-refractivity contribution is 0.185. The highest BCUT2D eigenvalue weighted by Crippen LogP contribution is 2.22. The van der Waals surface area contributed by atoms with Crippen LogP contribution in [0.4, 0.5) is 4.39 Å². The largest absolute Gasteiger partial charge is 0.383 e. The third-order valence-corrected chi connectivity index (χ3v) is 3.79. The van der Waals surface area contributed by atoms with Crippen LogP contribution in [0, 0.1) is 5.82 Å². The minimum Gasteiger partial charge on any atom is -0.383 e. The number of hydrogen-bond donors (Lipinski definition) is 0. The number of aromatic nitrogens is 3. The normalized spacial score (nSPS) is 11.0. The molecule has 7 heteroatoms. The Bertz CT molecular complexity index is 571. The first-order chi connectivity index (χ1) is 9.67. The molecule has 0 aliphatic rings. The molecule has 1 aromatic carbocycles. The van der Waals surface area contributed by atoms with E-state index in [1.54, 1.807) is 19.2 Å². The molecule has 0 unspecified atom stereocenters. The molecule has 4 nitrogen and oxygen atoms in total. The highest BCUT2D eigenvalue weighted by Gasteiger charge is 2.15. The molecule has 0 N–H and O–H groups in total. The Balaban J connectivity index is 2.31. The summed E-state index contributed by atoms with van der Waals surface area (Å²) in [6, 6.07) is 4.64. The van der Waals surface area contributed by atoms with Gasteiger partial charge in [0.25, 0.3) is 0 Å². The molecule has 20 heavy (non-hydrogen) atoms. The van der Waals surface area contributed by atoms with Gasteiger partial charge in [0.1, 0.15) is 17.5 Å². The zero-order chi connectivity index (χ0) is 14.5. The molecule has 2 aromatic rings. The lowest BCUT2D eigenvalue weighted by Gasteiger charge is -2.10. The monoisotopic (exact) mass is 361 g/mol. The Hall–Kier alpha value is -0.980. The summed E-state index contributed by atoms with van der Waals surface area (Å²) in [6.45, 7) is 1.15. The summed E-state index contributed by atoms with van der Waals surface area (Å²) >= 11 is 9.41. The van der Waals surface area contributed by atoms with Gasteiger partial charge in [0.05, 0.1) is 11.9 Å². The van der Waals surface area contributed by atoms with Crippen LogP contribution in [0.25, 0.3) is 0 Å². The van der Waals surface area contributed by atoms with Crippen LogP contribution < -0.4 is 0 Å². The molecule has 0 aliphatic carbocycles. The van der Waals surface area contributed by atoms with Crippen molar-refractivity contribution in [1.82, 2.24) is 14.8 Å². The maximum absolute atomic E-state index is 13.8. The zero-order valence-electron chi connectivity index (χ0n) is 10.9. The van der Waals surface area contributed by atoms with Gasteiger partial charge in [0, 0.05) is 30.7 Å². The van der Waals surface area contributed by atoms with Gasteiger partial charge in [0.15, 0.2) is 0 Å². The predicted molar refractivity (Wildman–Crippen MR) is 78.7 cm³/mol. The average molecular weight is 363 g/mol. The number of alkyl halides is 1. The predicted octanol–water partition coefficient (Wildman–Crippen LogP) is 3.20. The second kappa shape index (κ2) is 7.15. The Morgan fingerprint density at radius 1 is 1.35 bits per heavy atom. The number of methoxy groups -OCH3 is 1. The molecule has 0 fully saturated rings. The Morgan fingerprint density at radius 2 is 2.10 bits per heavy atom. The van der Waals surface area contributed by atoms with Crippen molar-refractivity contribution in [3.63, 3.8) is 0 Å². The van der Waals surface area contributed by atoms with Gasteiger partial charge < -0.3 is 9.30 Å². The van der Waals surface area contributed by atoms with Gasteiger partial charge in [-0.3, -0.25) is 0 Å². The molecule has 108 valence electrons. The van der Waals surface area contributed by atoms with Crippen LogP contribution in [0.3, 0.4) is 0 Å². The molecule has 0 saturated heterocycles. The Labute approximate surface area is 130 Å². The van der Waals surface area contributed by atoms with Crippen LogP contribution in [0.15, 0.2) is 18.2 Å². The van der Waals surface area contributed by atoms with Crippen LogP contribution in [0.5, 0.6) is 0 Å². The van der Waals surface area contributed by atoms with Gasteiger partial charge in [-0.25, -0.2) is 4.39 Å². The molecular formula is C13H14BrClFN3O. The van der Waals surface area contributed by atoms with Crippen molar-refractivity contribution in [2.24, 2.45) is 0 Å². The first-order valence-corrected chi connectivity index (χ1v) is 7.56. The van der Waals surface area contributed by atoms with E-state index in [1.165, 1.54) is 6.07 Å². The molecule has 2 rings (SSSR count). The first kappa shape index (κ1) is 15.4. The summed E-state index contributed by atoms with van der Waals surface area (Å²) in [5.74, 6) is 1.12. The minimum atomic E-state index is -0.334. The lowest BCUT2D eigenvalue weighted by Crippen LogP contribution is -2.12. The van der Waals surface area contributed by atoms with Crippen molar-refractivity contribution in [3.05, 3.63) is 46.3 Å². The summed E-state index contributed by atoms with van der Waals surface area (Å²) in [5, 5.41) is 9.18. The Morgan fingerprint density at radius 3 is 2.75 bits per heavy atom. The van der Waals surface area contributed by atoms with E-state index in [0.717, 1.165) is 5.82 Å². The summed E-state index contributed by atoms with van der Waals surface area (Å²) in [4.78, 5) is 0. The van der Waals surface area contributed by atoms with Gasteiger partial charge in [-0.05, 0) is 12.1 Å². The van der Waals surface area contributed by atoms with Crippen LogP contribution >= 0.6 is 27.5 Å².